The minimum Gasteiger partial charge on any atom is -0.477 e. The lowest BCUT2D eigenvalue weighted by Gasteiger charge is -2.35. The summed E-state index contributed by atoms with van der Waals surface area (Å²) in [6, 6.07) is 0. The zero-order chi connectivity index (χ0) is 19.5. The Morgan fingerprint density at radius 2 is 1.89 bits per heavy atom. The number of hydrogen-bond donors (Lipinski definition) is 1. The summed E-state index contributed by atoms with van der Waals surface area (Å²) in [5.41, 5.74) is 0. The third-order valence-corrected chi connectivity index (χ3v) is 8.39. The summed E-state index contributed by atoms with van der Waals surface area (Å²) in [5.74, 6) is -10.2. The van der Waals surface area contributed by atoms with Crippen LogP contribution in [0.25, 0.3) is 0 Å². The van der Waals surface area contributed by atoms with Gasteiger partial charge in [-0.05, 0) is 25.2 Å². The minimum absolute atomic E-state index is 0.0547. The van der Waals surface area contributed by atoms with Gasteiger partial charge in [0.1, 0.15) is 6.10 Å². The molecule has 2 bridgehead atoms. The van der Waals surface area contributed by atoms with E-state index in [4.69, 9.17) is 14.6 Å². The van der Waals surface area contributed by atoms with Crippen LogP contribution in [0.4, 0.5) is 8.78 Å². The van der Waals surface area contributed by atoms with Crippen molar-refractivity contribution in [1.82, 2.24) is 0 Å². The van der Waals surface area contributed by atoms with Crippen LogP contribution in [-0.4, -0.2) is 45.1 Å². The third-order valence-electron chi connectivity index (χ3n) is 6.76. The Morgan fingerprint density at radius 3 is 2.52 bits per heavy atom. The van der Waals surface area contributed by atoms with Gasteiger partial charge in [-0.3, -0.25) is 9.59 Å². The van der Waals surface area contributed by atoms with Crippen molar-refractivity contribution < 1.29 is 37.7 Å². The smallest absolute Gasteiger partial charge is 0.378 e. The Kier molecular flexibility index (Phi) is 4.87. The molecule has 4 aliphatic rings. The standard InChI is InChI=1S/C18H21F2IO6/c19-18(20,17(24)25)14(7-4-2-1-3-5-7)27-16(23)10-8-6-9-11(10)15(22)26-13(9)12(8)21/h7-14H,1-6H2,(H,24,25). The molecule has 3 saturated carbocycles. The number of halogens is 3. The van der Waals surface area contributed by atoms with Crippen LogP contribution in [-0.2, 0) is 23.9 Å². The van der Waals surface area contributed by atoms with Gasteiger partial charge in [0.15, 0.2) is 6.10 Å². The van der Waals surface area contributed by atoms with Gasteiger partial charge < -0.3 is 14.6 Å². The minimum atomic E-state index is -4.16. The lowest BCUT2D eigenvalue weighted by Crippen LogP contribution is -2.50. The number of ether oxygens (including phenoxy) is 2. The molecule has 4 fully saturated rings. The molecule has 9 heteroatoms. The number of carbonyl (C=O) groups is 3. The monoisotopic (exact) mass is 498 g/mol. The molecule has 0 radical (unpaired) electrons. The number of carboxylic acids is 1. The number of esters is 2. The predicted octanol–water partition coefficient (Wildman–Crippen LogP) is 2.81. The predicted molar refractivity (Wildman–Crippen MR) is 95.3 cm³/mol. The lowest BCUT2D eigenvalue weighted by molar-refractivity contribution is -0.205. The second-order valence-electron chi connectivity index (χ2n) is 8.14. The summed E-state index contributed by atoms with van der Waals surface area (Å²) >= 11 is 2.15. The molecule has 1 N–H and O–H groups in total. The molecule has 0 amide bonds. The van der Waals surface area contributed by atoms with E-state index in [0.29, 0.717) is 32.1 Å². The zero-order valence-corrected chi connectivity index (χ0v) is 16.6. The topological polar surface area (TPSA) is 89.9 Å². The van der Waals surface area contributed by atoms with Gasteiger partial charge in [-0.25, -0.2) is 4.79 Å². The number of rotatable bonds is 5. The van der Waals surface area contributed by atoms with Crippen molar-refractivity contribution in [2.45, 2.75) is 60.6 Å². The van der Waals surface area contributed by atoms with Crippen molar-refractivity contribution in [3.8, 4) is 0 Å². The van der Waals surface area contributed by atoms with Crippen LogP contribution in [0.5, 0.6) is 0 Å². The highest BCUT2D eigenvalue weighted by atomic mass is 127. The van der Waals surface area contributed by atoms with Gasteiger partial charge in [0.2, 0.25) is 0 Å². The molecule has 1 heterocycles. The van der Waals surface area contributed by atoms with Crippen molar-refractivity contribution in [3.63, 3.8) is 0 Å². The molecule has 4 rings (SSSR count). The first-order chi connectivity index (χ1) is 12.7. The highest BCUT2D eigenvalue weighted by Gasteiger charge is 2.68. The van der Waals surface area contributed by atoms with Gasteiger partial charge in [-0.15, -0.1) is 0 Å². The van der Waals surface area contributed by atoms with E-state index in [1.807, 2.05) is 0 Å². The fraction of sp³-hybridized carbons (Fsp3) is 0.833. The average molecular weight is 498 g/mol. The van der Waals surface area contributed by atoms with Crippen LogP contribution in [0.3, 0.4) is 0 Å². The molecule has 7 atom stereocenters. The molecule has 0 spiro atoms. The number of carboxylic acid groups (broad SMARTS) is 1. The first-order valence-corrected chi connectivity index (χ1v) is 10.6. The summed E-state index contributed by atoms with van der Waals surface area (Å²) in [4.78, 5) is 36.2. The highest BCUT2D eigenvalue weighted by Crippen LogP contribution is 2.60. The Balaban J connectivity index is 1.57. The SMILES string of the molecule is O=C(OC(C1CCCCC1)C(F)(F)C(=O)O)C1C2CC3C(OC(=O)C31)C2I. The number of aliphatic carboxylic acids is 1. The van der Waals surface area contributed by atoms with E-state index in [-0.39, 0.29) is 21.9 Å². The van der Waals surface area contributed by atoms with Crippen molar-refractivity contribution >= 4 is 40.5 Å². The quantitative estimate of drug-likeness (QED) is 0.357. The highest BCUT2D eigenvalue weighted by molar-refractivity contribution is 14.1. The van der Waals surface area contributed by atoms with E-state index in [0.717, 1.165) is 6.42 Å². The van der Waals surface area contributed by atoms with Gasteiger partial charge >= 0.3 is 23.8 Å². The van der Waals surface area contributed by atoms with Crippen LogP contribution in [0.15, 0.2) is 0 Å². The first-order valence-electron chi connectivity index (χ1n) is 9.39. The molecular formula is C18H21F2IO6. The molecule has 0 aromatic carbocycles. The molecule has 27 heavy (non-hydrogen) atoms. The van der Waals surface area contributed by atoms with Gasteiger partial charge in [-0.1, -0.05) is 41.9 Å². The van der Waals surface area contributed by atoms with E-state index < -0.39 is 47.7 Å². The third kappa shape index (κ3) is 2.95. The maximum atomic E-state index is 14.4. The number of hydrogen-bond acceptors (Lipinski definition) is 5. The van der Waals surface area contributed by atoms with Gasteiger partial charge in [0.05, 0.1) is 15.8 Å². The number of fused-ring (bicyclic) bond motifs is 1. The van der Waals surface area contributed by atoms with Gasteiger partial charge in [-0.2, -0.15) is 8.78 Å². The van der Waals surface area contributed by atoms with Crippen LogP contribution in [0, 0.1) is 29.6 Å². The summed E-state index contributed by atoms with van der Waals surface area (Å²) in [6.07, 6.45) is 1.53. The summed E-state index contributed by atoms with van der Waals surface area (Å²) in [5, 5.41) is 9.00. The first kappa shape index (κ1) is 19.3. The Morgan fingerprint density at radius 1 is 1.22 bits per heavy atom. The molecular weight excluding hydrogens is 477 g/mol. The van der Waals surface area contributed by atoms with Gasteiger partial charge in [0.25, 0.3) is 0 Å². The van der Waals surface area contributed by atoms with Crippen LogP contribution < -0.4 is 0 Å². The normalized spacial score (nSPS) is 39.3. The second-order valence-corrected chi connectivity index (χ2v) is 9.58. The fourth-order valence-corrected chi connectivity index (χ4v) is 6.94. The summed E-state index contributed by atoms with van der Waals surface area (Å²) in [6.45, 7) is 0. The molecule has 1 saturated heterocycles. The summed E-state index contributed by atoms with van der Waals surface area (Å²) in [7, 11) is 0. The van der Waals surface area contributed by atoms with E-state index in [9.17, 15) is 23.2 Å². The molecule has 3 aliphatic carbocycles. The largest absolute Gasteiger partial charge is 0.477 e. The van der Waals surface area contributed by atoms with E-state index >= 15 is 0 Å². The van der Waals surface area contributed by atoms with Crippen molar-refractivity contribution in [2.24, 2.45) is 29.6 Å². The van der Waals surface area contributed by atoms with Gasteiger partial charge in [0, 0.05) is 11.8 Å². The van der Waals surface area contributed by atoms with Crippen molar-refractivity contribution in [1.29, 1.82) is 0 Å². The summed E-state index contributed by atoms with van der Waals surface area (Å²) < 4.78 is 39.3. The van der Waals surface area contributed by atoms with E-state index in [1.54, 1.807) is 0 Å². The van der Waals surface area contributed by atoms with Crippen LogP contribution in [0.2, 0.25) is 0 Å². The van der Waals surface area contributed by atoms with E-state index in [1.165, 1.54) is 0 Å². The lowest BCUT2D eigenvalue weighted by atomic mass is 9.79. The molecule has 0 aromatic rings. The average Bonchev–Trinajstić information content (AvgIpc) is 3.24. The van der Waals surface area contributed by atoms with Crippen LogP contribution >= 0.6 is 22.6 Å². The molecule has 1 aliphatic heterocycles. The Bertz CT molecular complexity index is 664. The maximum Gasteiger partial charge on any atom is 0.378 e. The molecule has 6 nitrogen and oxygen atoms in total. The van der Waals surface area contributed by atoms with Crippen molar-refractivity contribution in [3.05, 3.63) is 0 Å². The second kappa shape index (κ2) is 6.81. The molecule has 150 valence electrons. The van der Waals surface area contributed by atoms with Crippen molar-refractivity contribution in [2.75, 3.05) is 0 Å². The number of carbonyl (C=O) groups excluding carboxylic acids is 2. The molecule has 0 aromatic heterocycles. The number of alkyl halides is 3. The maximum absolute atomic E-state index is 14.4. The fourth-order valence-electron chi connectivity index (χ4n) is 5.52. The molecule has 7 unspecified atom stereocenters. The Hall–Kier alpha value is -1.00. The Labute approximate surface area is 168 Å². The zero-order valence-electron chi connectivity index (χ0n) is 14.5. The van der Waals surface area contributed by atoms with E-state index in [2.05, 4.69) is 22.6 Å². The van der Waals surface area contributed by atoms with Crippen LogP contribution in [0.1, 0.15) is 38.5 Å².